The molecule has 0 fully saturated rings. The van der Waals surface area contributed by atoms with E-state index in [0.29, 0.717) is 0 Å². The van der Waals surface area contributed by atoms with Crippen LogP contribution in [-0.4, -0.2) is 66.7 Å². The van der Waals surface area contributed by atoms with Crippen molar-refractivity contribution in [2.75, 3.05) is 19.1 Å². The largest absolute Gasteiger partial charge is 0.392 e. The quantitative estimate of drug-likeness (QED) is 0.387. The van der Waals surface area contributed by atoms with Gasteiger partial charge in [-0.3, -0.25) is 0 Å². The summed E-state index contributed by atoms with van der Waals surface area (Å²) in [6.07, 6.45) is 0.385. The molecule has 0 aromatic carbocycles. The Kier molecular flexibility index (Phi) is 6.64. The van der Waals surface area contributed by atoms with Crippen molar-refractivity contribution in [2.45, 2.75) is 35.4 Å². The minimum Gasteiger partial charge on any atom is -0.392 e. The van der Waals surface area contributed by atoms with Crippen molar-refractivity contribution < 1.29 is 25.5 Å². The molecule has 0 heterocycles. The Morgan fingerprint density at radius 2 is 1.62 bits per heavy atom. The molecular weight excluding hydrogens is 252 g/mol. The standard InChI is InChI=1S/C9H20O5S2/c1-4-6(11)9(14,16-3)7(12)8(13,5-10)15-2/h6-7,10-14H,4-5H2,1-3H3/t6-,7+,8?,9?/m1/s1. The average molecular weight is 272 g/mol. The first-order chi connectivity index (χ1) is 7.32. The topological polar surface area (TPSA) is 101 Å². The Labute approximate surface area is 104 Å². The summed E-state index contributed by atoms with van der Waals surface area (Å²) in [6, 6.07) is 0. The summed E-state index contributed by atoms with van der Waals surface area (Å²) in [7, 11) is 0. The van der Waals surface area contributed by atoms with Gasteiger partial charge in [0.2, 0.25) is 0 Å². The molecule has 0 spiro atoms. The van der Waals surface area contributed by atoms with E-state index < -0.39 is 28.7 Å². The molecule has 5 N–H and O–H groups in total. The Bertz CT molecular complexity index is 212. The number of hydrogen-bond donors (Lipinski definition) is 5. The highest BCUT2D eigenvalue weighted by Crippen LogP contribution is 2.38. The molecule has 16 heavy (non-hydrogen) atoms. The Balaban J connectivity index is 5.09. The number of aliphatic hydroxyl groups is 5. The summed E-state index contributed by atoms with van der Waals surface area (Å²) in [5, 5.41) is 48.7. The van der Waals surface area contributed by atoms with E-state index in [1.807, 2.05) is 0 Å². The molecular formula is C9H20O5S2. The Hall–Kier alpha value is 0.500. The SMILES string of the molecule is CC[C@@H](O)C(O)(SC)[C@@H](O)C(O)(CO)SC. The lowest BCUT2D eigenvalue weighted by molar-refractivity contribution is -0.146. The van der Waals surface area contributed by atoms with E-state index in [1.165, 1.54) is 12.5 Å². The van der Waals surface area contributed by atoms with Gasteiger partial charge < -0.3 is 25.5 Å². The summed E-state index contributed by atoms with van der Waals surface area (Å²) in [6.45, 7) is 0.935. The maximum Gasteiger partial charge on any atom is 0.165 e. The molecule has 4 atom stereocenters. The van der Waals surface area contributed by atoms with Crippen LogP contribution in [0.2, 0.25) is 0 Å². The van der Waals surface area contributed by atoms with Crippen LogP contribution in [0.15, 0.2) is 0 Å². The second kappa shape index (κ2) is 6.44. The molecule has 0 saturated carbocycles. The molecule has 0 aliphatic heterocycles. The number of rotatable bonds is 7. The molecule has 7 heteroatoms. The normalized spacial score (nSPS) is 23.2. The van der Waals surface area contributed by atoms with Gasteiger partial charge in [0.1, 0.15) is 6.10 Å². The van der Waals surface area contributed by atoms with Crippen LogP contribution in [0.4, 0.5) is 0 Å². The molecule has 0 bridgehead atoms. The minimum absolute atomic E-state index is 0.226. The second-order valence-corrected chi connectivity index (χ2v) is 5.67. The predicted molar refractivity (Wildman–Crippen MR) is 66.3 cm³/mol. The predicted octanol–water partition coefficient (Wildman–Crippen LogP) is -0.786. The van der Waals surface area contributed by atoms with E-state index in [1.54, 1.807) is 6.92 Å². The van der Waals surface area contributed by atoms with Crippen LogP contribution in [0.1, 0.15) is 13.3 Å². The third kappa shape index (κ3) is 3.04. The van der Waals surface area contributed by atoms with Crippen LogP contribution < -0.4 is 0 Å². The van der Waals surface area contributed by atoms with Crippen molar-refractivity contribution in [2.24, 2.45) is 0 Å². The zero-order chi connectivity index (χ0) is 13.0. The van der Waals surface area contributed by atoms with Crippen molar-refractivity contribution in [3.63, 3.8) is 0 Å². The van der Waals surface area contributed by atoms with Gasteiger partial charge in [-0.1, -0.05) is 6.92 Å². The lowest BCUT2D eigenvalue weighted by atomic mass is 10.0. The van der Waals surface area contributed by atoms with Gasteiger partial charge >= 0.3 is 0 Å². The molecule has 0 saturated heterocycles. The molecule has 0 radical (unpaired) electrons. The molecule has 0 rings (SSSR count). The maximum atomic E-state index is 10.1. The van der Waals surface area contributed by atoms with Crippen LogP contribution in [-0.2, 0) is 0 Å². The molecule has 0 aromatic rings. The highest BCUT2D eigenvalue weighted by atomic mass is 32.2. The monoisotopic (exact) mass is 272 g/mol. The van der Waals surface area contributed by atoms with E-state index in [4.69, 9.17) is 5.11 Å². The van der Waals surface area contributed by atoms with Crippen LogP contribution in [0.3, 0.4) is 0 Å². The van der Waals surface area contributed by atoms with Gasteiger partial charge in [0.15, 0.2) is 9.87 Å². The molecule has 98 valence electrons. The van der Waals surface area contributed by atoms with Crippen molar-refractivity contribution in [1.82, 2.24) is 0 Å². The van der Waals surface area contributed by atoms with Gasteiger partial charge in [-0.2, -0.15) is 0 Å². The van der Waals surface area contributed by atoms with Crippen molar-refractivity contribution in [1.29, 1.82) is 0 Å². The zero-order valence-electron chi connectivity index (χ0n) is 9.62. The summed E-state index contributed by atoms with van der Waals surface area (Å²) >= 11 is 1.66. The Morgan fingerprint density at radius 1 is 1.12 bits per heavy atom. The van der Waals surface area contributed by atoms with Crippen molar-refractivity contribution in [3.8, 4) is 0 Å². The minimum atomic E-state index is -1.91. The summed E-state index contributed by atoms with van der Waals surface area (Å²) < 4.78 is 0. The van der Waals surface area contributed by atoms with Crippen LogP contribution in [0, 0.1) is 0 Å². The first-order valence-electron chi connectivity index (χ1n) is 4.84. The second-order valence-electron chi connectivity index (χ2n) is 3.49. The van der Waals surface area contributed by atoms with Gasteiger partial charge in [0, 0.05) is 0 Å². The van der Waals surface area contributed by atoms with Gasteiger partial charge in [-0.05, 0) is 18.9 Å². The van der Waals surface area contributed by atoms with E-state index in [0.717, 1.165) is 23.5 Å². The fraction of sp³-hybridized carbons (Fsp3) is 1.00. The maximum absolute atomic E-state index is 10.1. The number of thioether (sulfide) groups is 2. The third-order valence-electron chi connectivity index (χ3n) is 2.59. The molecule has 0 aliphatic rings. The first kappa shape index (κ1) is 16.5. The van der Waals surface area contributed by atoms with Crippen LogP contribution in [0.25, 0.3) is 0 Å². The van der Waals surface area contributed by atoms with Gasteiger partial charge in [0.25, 0.3) is 0 Å². The molecule has 5 nitrogen and oxygen atoms in total. The number of aliphatic hydroxyl groups excluding tert-OH is 3. The van der Waals surface area contributed by atoms with Crippen LogP contribution in [0.5, 0.6) is 0 Å². The molecule has 0 aromatic heterocycles. The van der Waals surface area contributed by atoms with Crippen LogP contribution >= 0.6 is 23.5 Å². The van der Waals surface area contributed by atoms with Gasteiger partial charge in [-0.15, -0.1) is 23.5 Å². The highest BCUT2D eigenvalue weighted by Gasteiger charge is 2.51. The smallest absolute Gasteiger partial charge is 0.165 e. The lowest BCUT2D eigenvalue weighted by Crippen LogP contribution is -2.60. The summed E-state index contributed by atoms with van der Waals surface area (Å²) in [5.41, 5.74) is 0. The molecule has 2 unspecified atom stereocenters. The van der Waals surface area contributed by atoms with Gasteiger partial charge in [-0.25, -0.2) is 0 Å². The van der Waals surface area contributed by atoms with E-state index in [-0.39, 0.29) is 6.42 Å². The van der Waals surface area contributed by atoms with E-state index in [2.05, 4.69) is 0 Å². The molecule has 0 aliphatic carbocycles. The van der Waals surface area contributed by atoms with E-state index >= 15 is 0 Å². The summed E-state index contributed by atoms with van der Waals surface area (Å²) in [4.78, 5) is -3.80. The highest BCUT2D eigenvalue weighted by molar-refractivity contribution is 8.00. The average Bonchev–Trinajstić information content (AvgIpc) is 2.34. The Morgan fingerprint density at radius 3 is 1.88 bits per heavy atom. The third-order valence-corrected chi connectivity index (χ3v) is 4.80. The van der Waals surface area contributed by atoms with Crippen molar-refractivity contribution in [3.05, 3.63) is 0 Å². The van der Waals surface area contributed by atoms with Crippen molar-refractivity contribution >= 4 is 23.5 Å². The zero-order valence-corrected chi connectivity index (χ0v) is 11.3. The van der Waals surface area contributed by atoms with E-state index in [9.17, 15) is 20.4 Å². The summed E-state index contributed by atoms with van der Waals surface area (Å²) in [5.74, 6) is 0. The fourth-order valence-electron chi connectivity index (χ4n) is 1.31. The first-order valence-corrected chi connectivity index (χ1v) is 7.29. The fourth-order valence-corrected chi connectivity index (χ4v) is 2.77. The lowest BCUT2D eigenvalue weighted by Gasteiger charge is -2.42. The number of hydrogen-bond acceptors (Lipinski definition) is 7. The van der Waals surface area contributed by atoms with Gasteiger partial charge in [0.05, 0.1) is 12.7 Å². The molecule has 0 amide bonds.